The van der Waals surface area contributed by atoms with Gasteiger partial charge in [-0.2, -0.15) is 5.26 Å². The first-order valence-electron chi connectivity index (χ1n) is 14.2. The van der Waals surface area contributed by atoms with Gasteiger partial charge < -0.3 is 14.8 Å². The van der Waals surface area contributed by atoms with E-state index in [0.29, 0.717) is 24.2 Å². The summed E-state index contributed by atoms with van der Waals surface area (Å²) in [5.74, 6) is -0.131. The van der Waals surface area contributed by atoms with Gasteiger partial charge in [-0.25, -0.2) is 4.98 Å². The molecular weight excluding hydrogens is 576 g/mol. The maximum Gasteiger partial charge on any atom is 0.252 e. The summed E-state index contributed by atoms with van der Waals surface area (Å²) in [6.07, 6.45) is 3.53. The maximum absolute atomic E-state index is 13.4. The van der Waals surface area contributed by atoms with E-state index in [0.717, 1.165) is 59.4 Å². The monoisotopic (exact) mass is 606 g/mol. The molecule has 0 atom stereocenters. The summed E-state index contributed by atoms with van der Waals surface area (Å²) in [5.41, 5.74) is 6.33. The molecule has 3 aromatic carbocycles. The van der Waals surface area contributed by atoms with Crippen LogP contribution in [0.25, 0.3) is 11.1 Å². The molecule has 216 valence electrons. The van der Waals surface area contributed by atoms with Crippen molar-refractivity contribution in [2.24, 2.45) is 0 Å². The topological polar surface area (TPSA) is 77.2 Å². The van der Waals surface area contributed by atoms with E-state index < -0.39 is 0 Å². The number of piperazine rings is 1. The zero-order chi connectivity index (χ0) is 29.6. The van der Waals surface area contributed by atoms with Crippen LogP contribution >= 0.6 is 22.9 Å². The Morgan fingerprint density at radius 2 is 1.70 bits per heavy atom. The smallest absolute Gasteiger partial charge is 0.252 e. The standard InChI is InChI=1S/C34H31ClN6OS/c35-33-14-13-30(43-33)23-39-15-17-40(18-16-39)28-11-9-27(10-12-28)31-3-1-2-4-32(31)34(42)38-21-29-20-37-24-41(29)22-26-7-5-25(19-36)6-8-26/h1-14,20,24H,15-18,21-23H2,(H,38,42). The first-order chi connectivity index (χ1) is 21.1. The Hall–Kier alpha value is -4.42. The molecule has 1 N–H and O–H groups in total. The molecule has 0 unspecified atom stereocenters. The lowest BCUT2D eigenvalue weighted by Gasteiger charge is -2.36. The van der Waals surface area contributed by atoms with Gasteiger partial charge in [0.2, 0.25) is 0 Å². The summed E-state index contributed by atoms with van der Waals surface area (Å²) >= 11 is 7.75. The first kappa shape index (κ1) is 28.7. The van der Waals surface area contributed by atoms with E-state index in [2.05, 4.69) is 56.5 Å². The van der Waals surface area contributed by atoms with E-state index in [-0.39, 0.29) is 5.91 Å². The molecule has 0 spiro atoms. The number of nitrogens with one attached hydrogen (secondary N) is 1. The second-order valence-corrected chi connectivity index (χ2v) is 12.4. The van der Waals surface area contributed by atoms with Crippen LogP contribution < -0.4 is 10.2 Å². The van der Waals surface area contributed by atoms with E-state index >= 15 is 0 Å². The fourth-order valence-corrected chi connectivity index (χ4v) is 6.52. The van der Waals surface area contributed by atoms with Gasteiger partial charge >= 0.3 is 0 Å². The van der Waals surface area contributed by atoms with Gasteiger partial charge in [0.25, 0.3) is 5.91 Å². The third-order valence-corrected chi connectivity index (χ3v) is 8.98. The Morgan fingerprint density at radius 1 is 0.930 bits per heavy atom. The molecule has 1 aliphatic heterocycles. The molecule has 7 nitrogen and oxygen atoms in total. The number of hydrogen-bond donors (Lipinski definition) is 1. The normalized spacial score (nSPS) is 13.5. The Kier molecular flexibility index (Phi) is 8.85. The number of amides is 1. The Balaban J connectivity index is 1.07. The molecule has 0 radical (unpaired) electrons. The van der Waals surface area contributed by atoms with E-state index in [9.17, 15) is 4.79 Å². The van der Waals surface area contributed by atoms with Crippen molar-refractivity contribution < 1.29 is 4.79 Å². The van der Waals surface area contributed by atoms with Crippen molar-refractivity contribution in [2.45, 2.75) is 19.6 Å². The maximum atomic E-state index is 13.4. The Bertz CT molecular complexity index is 1730. The summed E-state index contributed by atoms with van der Waals surface area (Å²) < 4.78 is 2.85. The van der Waals surface area contributed by atoms with Gasteiger partial charge in [0.05, 0.1) is 34.5 Å². The Morgan fingerprint density at radius 3 is 2.42 bits per heavy atom. The summed E-state index contributed by atoms with van der Waals surface area (Å²) in [6.45, 7) is 5.87. The van der Waals surface area contributed by atoms with Crippen molar-refractivity contribution in [3.63, 3.8) is 0 Å². The van der Waals surface area contributed by atoms with Gasteiger partial charge in [-0.05, 0) is 59.2 Å². The molecule has 1 fully saturated rings. The van der Waals surface area contributed by atoms with Crippen molar-refractivity contribution in [3.05, 3.63) is 129 Å². The lowest BCUT2D eigenvalue weighted by molar-refractivity contribution is 0.0950. The van der Waals surface area contributed by atoms with Crippen molar-refractivity contribution in [2.75, 3.05) is 31.1 Å². The van der Waals surface area contributed by atoms with Crippen LogP contribution in [0, 0.1) is 11.3 Å². The molecule has 6 rings (SSSR count). The first-order valence-corrected chi connectivity index (χ1v) is 15.4. The third-order valence-electron chi connectivity index (χ3n) is 7.76. The number of carbonyl (C=O) groups is 1. The van der Waals surface area contributed by atoms with Gasteiger partial charge in [0.15, 0.2) is 0 Å². The van der Waals surface area contributed by atoms with Gasteiger partial charge in [0.1, 0.15) is 0 Å². The van der Waals surface area contributed by atoms with Crippen molar-refractivity contribution >= 4 is 34.5 Å². The number of rotatable bonds is 9. The second kappa shape index (κ2) is 13.3. The minimum absolute atomic E-state index is 0.131. The number of nitriles is 1. The van der Waals surface area contributed by atoms with Crippen molar-refractivity contribution in [1.29, 1.82) is 5.26 Å². The average Bonchev–Trinajstić information content (AvgIpc) is 3.68. The van der Waals surface area contributed by atoms with Crippen molar-refractivity contribution in [1.82, 2.24) is 19.8 Å². The number of thiophene rings is 1. The van der Waals surface area contributed by atoms with Crippen LogP contribution in [0.3, 0.4) is 0 Å². The molecule has 1 amide bonds. The molecule has 3 heterocycles. The number of benzene rings is 3. The summed E-state index contributed by atoms with van der Waals surface area (Å²) in [6, 6.07) is 30.0. The number of aromatic nitrogens is 2. The van der Waals surface area contributed by atoms with Gasteiger partial charge in [-0.3, -0.25) is 9.69 Å². The van der Waals surface area contributed by atoms with E-state index in [1.54, 1.807) is 23.9 Å². The fourth-order valence-electron chi connectivity index (χ4n) is 5.39. The average molecular weight is 607 g/mol. The van der Waals surface area contributed by atoms with E-state index in [1.165, 1.54) is 10.6 Å². The van der Waals surface area contributed by atoms with E-state index in [1.807, 2.05) is 59.2 Å². The van der Waals surface area contributed by atoms with Crippen LogP contribution in [-0.4, -0.2) is 46.5 Å². The molecule has 43 heavy (non-hydrogen) atoms. The predicted octanol–water partition coefficient (Wildman–Crippen LogP) is 6.44. The molecule has 5 aromatic rings. The van der Waals surface area contributed by atoms with Gasteiger partial charge in [0, 0.05) is 61.6 Å². The number of nitrogens with zero attached hydrogens (tertiary/aromatic N) is 5. The molecule has 1 saturated heterocycles. The van der Waals surface area contributed by atoms with Crippen molar-refractivity contribution in [3.8, 4) is 17.2 Å². The molecule has 0 bridgehead atoms. The van der Waals surface area contributed by atoms with Crippen LogP contribution in [0.4, 0.5) is 5.69 Å². The lowest BCUT2D eigenvalue weighted by atomic mass is 9.98. The van der Waals surface area contributed by atoms with Crippen LogP contribution in [0.2, 0.25) is 4.34 Å². The Labute approximate surface area is 260 Å². The molecule has 1 aliphatic rings. The quantitative estimate of drug-likeness (QED) is 0.209. The number of anilines is 1. The minimum atomic E-state index is -0.131. The highest BCUT2D eigenvalue weighted by molar-refractivity contribution is 7.16. The highest BCUT2D eigenvalue weighted by Gasteiger charge is 2.19. The molecule has 0 aliphatic carbocycles. The number of halogens is 1. The highest BCUT2D eigenvalue weighted by Crippen LogP contribution is 2.28. The molecule has 2 aromatic heterocycles. The van der Waals surface area contributed by atoms with E-state index in [4.69, 9.17) is 16.9 Å². The minimum Gasteiger partial charge on any atom is -0.369 e. The van der Waals surface area contributed by atoms with Gasteiger partial charge in [-0.15, -0.1) is 11.3 Å². The van der Waals surface area contributed by atoms with Crippen LogP contribution in [0.5, 0.6) is 0 Å². The molecular formula is C34H31ClN6OS. The van der Waals surface area contributed by atoms with Crippen LogP contribution in [0.1, 0.15) is 32.1 Å². The summed E-state index contributed by atoms with van der Waals surface area (Å²) in [7, 11) is 0. The largest absolute Gasteiger partial charge is 0.369 e. The summed E-state index contributed by atoms with van der Waals surface area (Å²) in [5, 5.41) is 12.1. The number of carbonyl (C=O) groups excluding carboxylic acids is 1. The predicted molar refractivity (Wildman–Crippen MR) is 172 cm³/mol. The fraction of sp³-hybridized carbons (Fsp3) is 0.206. The summed E-state index contributed by atoms with van der Waals surface area (Å²) in [4.78, 5) is 23.8. The number of hydrogen-bond acceptors (Lipinski definition) is 6. The second-order valence-electron chi connectivity index (χ2n) is 10.6. The third kappa shape index (κ3) is 6.98. The number of imidazole rings is 1. The lowest BCUT2D eigenvalue weighted by Crippen LogP contribution is -2.45. The molecule has 0 saturated carbocycles. The van der Waals surface area contributed by atoms with Gasteiger partial charge in [-0.1, -0.05) is 54.1 Å². The SMILES string of the molecule is N#Cc1ccc(Cn2cncc2CNC(=O)c2ccccc2-c2ccc(N3CCN(Cc4ccc(Cl)s4)CC3)cc2)cc1. The zero-order valence-corrected chi connectivity index (χ0v) is 25.2. The van der Waals surface area contributed by atoms with Crippen LogP contribution in [-0.2, 0) is 19.6 Å². The van der Waals surface area contributed by atoms with Crippen LogP contribution in [0.15, 0.2) is 97.5 Å². The molecule has 9 heteroatoms. The zero-order valence-electron chi connectivity index (χ0n) is 23.6. The highest BCUT2D eigenvalue weighted by atomic mass is 35.5.